The van der Waals surface area contributed by atoms with Crippen molar-refractivity contribution in [2.45, 2.75) is 0 Å². The summed E-state index contributed by atoms with van der Waals surface area (Å²) in [6, 6.07) is 9.85. The van der Waals surface area contributed by atoms with Crippen LogP contribution in [0, 0.1) is 5.82 Å². The topological polar surface area (TPSA) is 48.1 Å². The average molecular weight is 333 g/mol. The third-order valence-corrected chi connectivity index (χ3v) is 3.43. The van der Waals surface area contributed by atoms with Crippen molar-refractivity contribution < 1.29 is 9.13 Å². The summed E-state index contributed by atoms with van der Waals surface area (Å²) in [6.07, 6.45) is 3.37. The van der Waals surface area contributed by atoms with E-state index in [2.05, 4.69) is 20.9 Å². The van der Waals surface area contributed by atoms with Crippen molar-refractivity contribution in [3.05, 3.63) is 59.1 Å². The van der Waals surface area contributed by atoms with E-state index in [1.54, 1.807) is 36.7 Å². The van der Waals surface area contributed by atoms with E-state index in [-0.39, 0.29) is 5.75 Å². The lowest BCUT2D eigenvalue weighted by atomic mass is 10.1. The molecule has 20 heavy (non-hydrogen) atoms. The monoisotopic (exact) mass is 332 g/mol. The molecular weight excluding hydrogens is 323 g/mol. The van der Waals surface area contributed by atoms with Crippen molar-refractivity contribution in [1.82, 2.24) is 4.98 Å². The van der Waals surface area contributed by atoms with Crippen molar-refractivity contribution in [1.29, 1.82) is 0 Å². The minimum atomic E-state index is -0.442. The predicted molar refractivity (Wildman–Crippen MR) is 80.3 cm³/mol. The highest BCUT2D eigenvalue weighted by molar-refractivity contribution is 9.10. The Morgan fingerprint density at radius 1 is 1.10 bits per heavy atom. The maximum absolute atomic E-state index is 13.7. The van der Waals surface area contributed by atoms with Gasteiger partial charge in [-0.3, -0.25) is 4.98 Å². The van der Waals surface area contributed by atoms with E-state index in [1.165, 1.54) is 6.07 Å². The third-order valence-electron chi connectivity index (χ3n) is 2.93. The van der Waals surface area contributed by atoms with E-state index in [1.807, 2.05) is 6.07 Å². The van der Waals surface area contributed by atoms with Crippen molar-refractivity contribution in [2.75, 3.05) is 5.73 Å². The largest absolute Gasteiger partial charge is 0.452 e. The second-order valence-corrected chi connectivity index (χ2v) is 5.17. The zero-order valence-corrected chi connectivity index (χ0v) is 11.9. The first-order chi connectivity index (χ1) is 9.65. The zero-order valence-electron chi connectivity index (χ0n) is 10.3. The number of fused-ring (bicyclic) bond motifs is 1. The first-order valence-electron chi connectivity index (χ1n) is 5.90. The number of ether oxygens (including phenoxy) is 1. The molecule has 0 fully saturated rings. The number of aromatic nitrogens is 1. The van der Waals surface area contributed by atoms with E-state index in [4.69, 9.17) is 10.5 Å². The van der Waals surface area contributed by atoms with E-state index < -0.39 is 5.82 Å². The number of hydrogen-bond donors (Lipinski definition) is 1. The lowest BCUT2D eigenvalue weighted by molar-refractivity contribution is 0.444. The summed E-state index contributed by atoms with van der Waals surface area (Å²) < 4.78 is 20.0. The number of hydrogen-bond acceptors (Lipinski definition) is 3. The average Bonchev–Trinajstić information content (AvgIpc) is 2.46. The molecule has 0 radical (unpaired) electrons. The van der Waals surface area contributed by atoms with Crippen LogP contribution in [-0.4, -0.2) is 4.98 Å². The molecule has 1 heterocycles. The molecule has 0 aliphatic carbocycles. The van der Waals surface area contributed by atoms with Gasteiger partial charge in [0.2, 0.25) is 0 Å². The molecule has 3 rings (SSSR count). The van der Waals surface area contributed by atoms with E-state index in [0.29, 0.717) is 11.4 Å². The van der Waals surface area contributed by atoms with Gasteiger partial charge in [0.05, 0.1) is 5.69 Å². The Kier molecular flexibility index (Phi) is 3.28. The van der Waals surface area contributed by atoms with E-state index in [9.17, 15) is 4.39 Å². The fourth-order valence-electron chi connectivity index (χ4n) is 1.94. The Morgan fingerprint density at radius 3 is 2.80 bits per heavy atom. The minimum absolute atomic E-state index is 0.125. The van der Waals surface area contributed by atoms with Crippen LogP contribution in [0.5, 0.6) is 11.5 Å². The van der Waals surface area contributed by atoms with Crippen molar-refractivity contribution >= 4 is 32.4 Å². The molecule has 100 valence electrons. The Hall–Kier alpha value is -2.14. The number of halogens is 2. The first kappa shape index (κ1) is 12.9. The normalized spacial score (nSPS) is 10.7. The summed E-state index contributed by atoms with van der Waals surface area (Å²) >= 11 is 3.28. The van der Waals surface area contributed by atoms with Crippen LogP contribution in [0.1, 0.15) is 0 Å². The van der Waals surface area contributed by atoms with Crippen LogP contribution in [0.2, 0.25) is 0 Å². The van der Waals surface area contributed by atoms with E-state index >= 15 is 0 Å². The number of nitrogens with two attached hydrogens (primary N) is 1. The Bertz CT molecular complexity index is 792. The van der Waals surface area contributed by atoms with Gasteiger partial charge >= 0.3 is 0 Å². The summed E-state index contributed by atoms with van der Waals surface area (Å²) in [4.78, 5) is 4.03. The Morgan fingerprint density at radius 2 is 1.95 bits per heavy atom. The fraction of sp³-hybridized carbons (Fsp3) is 0. The quantitative estimate of drug-likeness (QED) is 0.702. The molecule has 0 spiro atoms. The molecule has 0 amide bonds. The number of rotatable bonds is 2. The summed E-state index contributed by atoms with van der Waals surface area (Å²) in [7, 11) is 0. The van der Waals surface area contributed by atoms with Gasteiger partial charge in [0, 0.05) is 27.6 Å². The van der Waals surface area contributed by atoms with Crippen LogP contribution in [0.15, 0.2) is 53.3 Å². The highest BCUT2D eigenvalue weighted by Gasteiger charge is 2.10. The fourth-order valence-corrected chi connectivity index (χ4v) is 2.28. The number of nitrogen functional groups attached to an aromatic ring is 1. The summed E-state index contributed by atoms with van der Waals surface area (Å²) in [6.45, 7) is 0. The highest BCUT2D eigenvalue weighted by Crippen LogP contribution is 2.35. The SMILES string of the molecule is Nc1c(Oc2cc(Br)ccc2F)ccc2cnccc12. The van der Waals surface area contributed by atoms with Crippen molar-refractivity contribution in [3.8, 4) is 11.5 Å². The van der Waals surface area contributed by atoms with Gasteiger partial charge in [0.15, 0.2) is 17.3 Å². The van der Waals surface area contributed by atoms with Gasteiger partial charge in [-0.15, -0.1) is 0 Å². The van der Waals surface area contributed by atoms with Gasteiger partial charge in [-0.05, 0) is 36.4 Å². The van der Waals surface area contributed by atoms with Crippen LogP contribution in [0.25, 0.3) is 10.8 Å². The van der Waals surface area contributed by atoms with Crippen LogP contribution in [-0.2, 0) is 0 Å². The molecule has 2 aromatic carbocycles. The molecule has 2 N–H and O–H groups in total. The summed E-state index contributed by atoms with van der Waals surface area (Å²) in [5.74, 6) is 0.0996. The van der Waals surface area contributed by atoms with Crippen LogP contribution in [0.4, 0.5) is 10.1 Å². The Labute approximate surface area is 123 Å². The number of nitrogens with zero attached hydrogens (tertiary/aromatic N) is 1. The molecule has 0 unspecified atom stereocenters. The predicted octanol–water partition coefficient (Wildman–Crippen LogP) is 4.51. The van der Waals surface area contributed by atoms with E-state index in [0.717, 1.165) is 15.2 Å². The smallest absolute Gasteiger partial charge is 0.165 e. The molecule has 0 aliphatic heterocycles. The maximum Gasteiger partial charge on any atom is 0.165 e. The molecule has 0 atom stereocenters. The third kappa shape index (κ3) is 2.32. The molecule has 5 heteroatoms. The second kappa shape index (κ2) is 5.09. The molecule has 0 aliphatic rings. The number of anilines is 1. The van der Waals surface area contributed by atoms with Crippen LogP contribution < -0.4 is 10.5 Å². The van der Waals surface area contributed by atoms with Crippen molar-refractivity contribution in [3.63, 3.8) is 0 Å². The second-order valence-electron chi connectivity index (χ2n) is 4.25. The van der Waals surface area contributed by atoms with Gasteiger partial charge in [-0.25, -0.2) is 4.39 Å². The lowest BCUT2D eigenvalue weighted by Gasteiger charge is -2.11. The van der Waals surface area contributed by atoms with Gasteiger partial charge < -0.3 is 10.5 Å². The van der Waals surface area contributed by atoms with Gasteiger partial charge in [0.25, 0.3) is 0 Å². The minimum Gasteiger partial charge on any atom is -0.452 e. The zero-order chi connectivity index (χ0) is 14.1. The Balaban J connectivity index is 2.07. The van der Waals surface area contributed by atoms with Gasteiger partial charge in [-0.2, -0.15) is 0 Å². The van der Waals surface area contributed by atoms with Crippen LogP contribution >= 0.6 is 15.9 Å². The number of benzene rings is 2. The van der Waals surface area contributed by atoms with Crippen molar-refractivity contribution in [2.24, 2.45) is 0 Å². The molecule has 1 aromatic heterocycles. The lowest BCUT2D eigenvalue weighted by Crippen LogP contribution is -1.95. The first-order valence-corrected chi connectivity index (χ1v) is 6.69. The summed E-state index contributed by atoms with van der Waals surface area (Å²) in [5.41, 5.74) is 6.53. The van der Waals surface area contributed by atoms with Gasteiger partial charge in [0.1, 0.15) is 0 Å². The standard InChI is InChI=1S/C15H10BrFN2O/c16-10-2-3-12(17)14(7-10)20-13-4-1-9-8-19-6-5-11(9)15(13)18/h1-8H,18H2. The van der Waals surface area contributed by atoms with Crippen LogP contribution in [0.3, 0.4) is 0 Å². The summed E-state index contributed by atoms with van der Waals surface area (Å²) in [5, 5.41) is 1.74. The molecule has 3 nitrogen and oxygen atoms in total. The molecular formula is C15H10BrFN2O. The molecule has 0 bridgehead atoms. The maximum atomic E-state index is 13.7. The molecule has 0 saturated heterocycles. The van der Waals surface area contributed by atoms with Gasteiger partial charge in [-0.1, -0.05) is 15.9 Å². The molecule has 0 saturated carbocycles. The number of pyridine rings is 1. The molecule has 3 aromatic rings. The highest BCUT2D eigenvalue weighted by atomic mass is 79.9.